The van der Waals surface area contributed by atoms with Gasteiger partial charge in [-0.1, -0.05) is 17.7 Å². The summed E-state index contributed by atoms with van der Waals surface area (Å²) in [6.07, 6.45) is 3.11. The number of thioether (sulfide) groups is 1. The number of carbonyl (C=O) groups excluding carboxylic acids is 1. The molecule has 1 aliphatic rings. The van der Waals surface area contributed by atoms with E-state index in [2.05, 4.69) is 36.5 Å². The van der Waals surface area contributed by atoms with Crippen molar-refractivity contribution in [1.82, 2.24) is 5.32 Å². The van der Waals surface area contributed by atoms with Crippen LogP contribution in [0.1, 0.15) is 38.7 Å². The van der Waals surface area contributed by atoms with Crippen LogP contribution >= 0.6 is 11.8 Å². The van der Waals surface area contributed by atoms with Crippen molar-refractivity contribution in [2.24, 2.45) is 0 Å². The van der Waals surface area contributed by atoms with E-state index in [9.17, 15) is 4.79 Å². The lowest BCUT2D eigenvalue weighted by Crippen LogP contribution is -2.51. The molecule has 0 heterocycles. The summed E-state index contributed by atoms with van der Waals surface area (Å²) in [6.45, 7) is 6.37. The summed E-state index contributed by atoms with van der Waals surface area (Å²) in [7, 11) is 0. The molecule has 0 radical (unpaired) electrons. The van der Waals surface area contributed by atoms with Crippen LogP contribution < -0.4 is 5.32 Å². The van der Waals surface area contributed by atoms with Gasteiger partial charge in [-0.05, 0) is 52.2 Å². The Kier molecular flexibility index (Phi) is 5.71. The van der Waals surface area contributed by atoms with Crippen molar-refractivity contribution >= 4 is 17.7 Å². The fraction of sp³-hybridized carbons (Fsp3) is 0.588. The Morgan fingerprint density at radius 3 is 2.86 bits per heavy atom. The van der Waals surface area contributed by atoms with E-state index in [0.717, 1.165) is 12.2 Å². The molecule has 0 aliphatic heterocycles. The van der Waals surface area contributed by atoms with Crippen LogP contribution in [0.4, 0.5) is 0 Å². The molecule has 1 saturated carbocycles. The number of rotatable bonds is 8. The van der Waals surface area contributed by atoms with Gasteiger partial charge in [-0.15, -0.1) is 11.8 Å². The first-order valence-electron chi connectivity index (χ1n) is 7.68. The van der Waals surface area contributed by atoms with Gasteiger partial charge >= 0.3 is 5.97 Å². The van der Waals surface area contributed by atoms with Gasteiger partial charge in [0, 0.05) is 16.7 Å². The van der Waals surface area contributed by atoms with Gasteiger partial charge in [-0.3, -0.25) is 10.1 Å². The second-order valence-corrected chi connectivity index (χ2v) is 7.05. The standard InChI is InChI=1S/C17H25NO2S/c1-4-20-16(19)17(3,18-14-8-9-14)10-11-21-15-7-5-6-13(2)12-15/h5-7,12,14,18H,4,8-11H2,1-3H3. The second kappa shape index (κ2) is 7.32. The van der Waals surface area contributed by atoms with E-state index in [0.29, 0.717) is 12.6 Å². The molecule has 1 fully saturated rings. The fourth-order valence-electron chi connectivity index (χ4n) is 2.28. The van der Waals surface area contributed by atoms with Gasteiger partial charge in [0.1, 0.15) is 5.54 Å². The molecule has 0 saturated heterocycles. The van der Waals surface area contributed by atoms with Crippen LogP contribution in [0.3, 0.4) is 0 Å². The smallest absolute Gasteiger partial charge is 0.326 e. The topological polar surface area (TPSA) is 38.3 Å². The van der Waals surface area contributed by atoms with E-state index in [4.69, 9.17) is 4.74 Å². The first-order valence-corrected chi connectivity index (χ1v) is 8.66. The quantitative estimate of drug-likeness (QED) is 0.589. The Labute approximate surface area is 131 Å². The molecule has 0 aromatic heterocycles. The van der Waals surface area contributed by atoms with Gasteiger partial charge in [0.05, 0.1) is 6.61 Å². The average Bonchev–Trinajstić information content (AvgIpc) is 3.23. The van der Waals surface area contributed by atoms with Crippen LogP contribution in [-0.4, -0.2) is 29.9 Å². The zero-order valence-corrected chi connectivity index (χ0v) is 14.0. The molecule has 4 heteroatoms. The van der Waals surface area contributed by atoms with Crippen LogP contribution in [0.2, 0.25) is 0 Å². The largest absolute Gasteiger partial charge is 0.465 e. The summed E-state index contributed by atoms with van der Waals surface area (Å²) in [5.74, 6) is 0.778. The van der Waals surface area contributed by atoms with E-state index in [1.165, 1.54) is 23.3 Å². The lowest BCUT2D eigenvalue weighted by atomic mass is 9.99. The van der Waals surface area contributed by atoms with E-state index >= 15 is 0 Å². The maximum Gasteiger partial charge on any atom is 0.326 e. The highest BCUT2D eigenvalue weighted by molar-refractivity contribution is 7.99. The number of esters is 1. The second-order valence-electron chi connectivity index (χ2n) is 5.89. The molecule has 1 aromatic carbocycles. The van der Waals surface area contributed by atoms with Gasteiger partial charge < -0.3 is 4.74 Å². The van der Waals surface area contributed by atoms with Crippen molar-refractivity contribution in [2.75, 3.05) is 12.4 Å². The Bertz CT molecular complexity index is 487. The number of nitrogens with one attached hydrogen (secondary N) is 1. The predicted octanol–water partition coefficient (Wildman–Crippen LogP) is 3.55. The van der Waals surface area contributed by atoms with Gasteiger partial charge in [-0.2, -0.15) is 0 Å². The fourth-order valence-corrected chi connectivity index (χ4v) is 3.47. The van der Waals surface area contributed by atoms with Crippen LogP contribution in [0.15, 0.2) is 29.2 Å². The molecule has 0 bridgehead atoms. The predicted molar refractivity (Wildman–Crippen MR) is 87.7 cm³/mol. The Morgan fingerprint density at radius 2 is 2.24 bits per heavy atom. The summed E-state index contributed by atoms with van der Waals surface area (Å²) < 4.78 is 5.25. The molecule has 1 aliphatic carbocycles. The number of carbonyl (C=O) groups is 1. The number of aryl methyl sites for hydroxylation is 1. The van der Waals surface area contributed by atoms with Gasteiger partial charge in [0.25, 0.3) is 0 Å². The molecule has 1 N–H and O–H groups in total. The van der Waals surface area contributed by atoms with E-state index in [-0.39, 0.29) is 5.97 Å². The van der Waals surface area contributed by atoms with Crippen molar-refractivity contribution < 1.29 is 9.53 Å². The molecule has 116 valence electrons. The number of hydrogen-bond acceptors (Lipinski definition) is 4. The highest BCUT2D eigenvalue weighted by Gasteiger charge is 2.39. The zero-order valence-electron chi connectivity index (χ0n) is 13.1. The summed E-state index contributed by atoms with van der Waals surface area (Å²) in [4.78, 5) is 13.5. The van der Waals surface area contributed by atoms with Gasteiger partial charge in [-0.25, -0.2) is 0 Å². The zero-order chi connectivity index (χ0) is 15.3. The van der Waals surface area contributed by atoms with Crippen molar-refractivity contribution in [3.05, 3.63) is 29.8 Å². The van der Waals surface area contributed by atoms with Crippen LogP contribution in [-0.2, 0) is 9.53 Å². The number of benzene rings is 1. The Morgan fingerprint density at radius 1 is 1.48 bits per heavy atom. The van der Waals surface area contributed by atoms with Crippen molar-refractivity contribution in [3.8, 4) is 0 Å². The summed E-state index contributed by atoms with van der Waals surface area (Å²) in [5, 5.41) is 3.46. The summed E-state index contributed by atoms with van der Waals surface area (Å²) >= 11 is 1.80. The Balaban J connectivity index is 1.90. The highest BCUT2D eigenvalue weighted by atomic mass is 32.2. The third-order valence-corrected chi connectivity index (χ3v) is 4.68. The molecule has 1 atom stereocenters. The van der Waals surface area contributed by atoms with E-state index in [1.807, 2.05) is 13.8 Å². The van der Waals surface area contributed by atoms with Crippen LogP contribution in [0.5, 0.6) is 0 Å². The Hall–Kier alpha value is -1.00. The molecule has 1 unspecified atom stereocenters. The number of ether oxygens (including phenoxy) is 1. The van der Waals surface area contributed by atoms with Gasteiger partial charge in [0.15, 0.2) is 0 Å². The molecule has 2 rings (SSSR count). The monoisotopic (exact) mass is 307 g/mol. The molecule has 3 nitrogen and oxygen atoms in total. The van der Waals surface area contributed by atoms with Crippen molar-refractivity contribution in [3.63, 3.8) is 0 Å². The maximum atomic E-state index is 12.2. The van der Waals surface area contributed by atoms with Gasteiger partial charge in [0.2, 0.25) is 0 Å². The molecule has 0 amide bonds. The molecule has 1 aromatic rings. The van der Waals surface area contributed by atoms with E-state index in [1.54, 1.807) is 11.8 Å². The molecular weight excluding hydrogens is 282 g/mol. The number of hydrogen-bond donors (Lipinski definition) is 1. The maximum absolute atomic E-state index is 12.2. The minimum Gasteiger partial charge on any atom is -0.465 e. The minimum absolute atomic E-state index is 0.123. The van der Waals surface area contributed by atoms with Crippen molar-refractivity contribution in [2.45, 2.75) is 56.5 Å². The first kappa shape index (κ1) is 16.4. The molecular formula is C17H25NO2S. The lowest BCUT2D eigenvalue weighted by molar-refractivity contribution is -0.150. The van der Waals surface area contributed by atoms with Crippen molar-refractivity contribution in [1.29, 1.82) is 0 Å². The normalized spacial score (nSPS) is 17.3. The highest BCUT2D eigenvalue weighted by Crippen LogP contribution is 2.28. The average molecular weight is 307 g/mol. The summed E-state index contributed by atoms with van der Waals surface area (Å²) in [5.41, 5.74) is 0.706. The SMILES string of the molecule is CCOC(=O)C(C)(CCSc1cccc(C)c1)NC1CC1. The minimum atomic E-state index is -0.562. The third-order valence-electron chi connectivity index (χ3n) is 3.69. The van der Waals surface area contributed by atoms with Crippen LogP contribution in [0.25, 0.3) is 0 Å². The lowest BCUT2D eigenvalue weighted by Gasteiger charge is -2.28. The first-order chi connectivity index (χ1) is 10.0. The third kappa shape index (κ3) is 5.04. The van der Waals surface area contributed by atoms with Crippen LogP contribution in [0, 0.1) is 6.92 Å². The summed E-state index contributed by atoms with van der Waals surface area (Å²) in [6, 6.07) is 8.96. The molecule has 21 heavy (non-hydrogen) atoms. The van der Waals surface area contributed by atoms with E-state index < -0.39 is 5.54 Å². The molecule has 0 spiro atoms.